The van der Waals surface area contributed by atoms with Crippen molar-refractivity contribution in [2.24, 2.45) is 0 Å². The van der Waals surface area contributed by atoms with E-state index in [1.54, 1.807) is 6.07 Å². The lowest BCUT2D eigenvalue weighted by atomic mass is 10.2. The molecule has 5 nitrogen and oxygen atoms in total. The van der Waals surface area contributed by atoms with Gasteiger partial charge in [-0.05, 0) is 49.7 Å². The number of hydrogen-bond acceptors (Lipinski definition) is 4. The van der Waals surface area contributed by atoms with Crippen LogP contribution in [0.4, 0.5) is 11.4 Å². The fourth-order valence-corrected chi connectivity index (χ4v) is 3.27. The zero-order chi connectivity index (χ0) is 17.1. The number of ether oxygens (including phenoxy) is 1. The Balaban J connectivity index is 1.61. The highest BCUT2D eigenvalue weighted by molar-refractivity contribution is 8.00. The molecule has 0 aromatic heterocycles. The van der Waals surface area contributed by atoms with Crippen LogP contribution in [0.25, 0.3) is 0 Å². The van der Waals surface area contributed by atoms with Gasteiger partial charge in [0.05, 0.1) is 10.9 Å². The zero-order valence-corrected chi connectivity index (χ0v) is 14.3. The molecule has 3 rings (SSSR count). The highest BCUT2D eigenvalue weighted by Gasteiger charge is 2.23. The van der Waals surface area contributed by atoms with E-state index in [1.807, 2.05) is 50.2 Å². The van der Waals surface area contributed by atoms with Crippen LogP contribution in [-0.4, -0.2) is 23.7 Å². The molecule has 6 heteroatoms. The highest BCUT2D eigenvalue weighted by atomic mass is 32.2. The number of hydrogen-bond donors (Lipinski definition) is 2. The molecule has 1 aliphatic rings. The van der Waals surface area contributed by atoms with Crippen molar-refractivity contribution in [3.05, 3.63) is 48.0 Å². The van der Waals surface area contributed by atoms with Gasteiger partial charge in [-0.15, -0.1) is 11.8 Å². The zero-order valence-electron chi connectivity index (χ0n) is 13.5. The first-order valence-corrected chi connectivity index (χ1v) is 8.50. The van der Waals surface area contributed by atoms with E-state index < -0.39 is 0 Å². The summed E-state index contributed by atoms with van der Waals surface area (Å²) in [5.74, 6) is 0.381. The molecule has 1 unspecified atom stereocenters. The minimum Gasteiger partial charge on any atom is -0.484 e. The predicted octanol–water partition coefficient (Wildman–Crippen LogP) is 3.45. The summed E-state index contributed by atoms with van der Waals surface area (Å²) in [4.78, 5) is 24.8. The van der Waals surface area contributed by atoms with E-state index in [0.29, 0.717) is 11.4 Å². The minimum absolute atomic E-state index is 0.0289. The monoisotopic (exact) mass is 342 g/mol. The number of nitrogens with one attached hydrogen (secondary N) is 2. The van der Waals surface area contributed by atoms with Crippen LogP contribution < -0.4 is 15.4 Å². The quantitative estimate of drug-likeness (QED) is 0.893. The van der Waals surface area contributed by atoms with E-state index in [-0.39, 0.29) is 23.7 Å². The van der Waals surface area contributed by atoms with Crippen LogP contribution >= 0.6 is 11.8 Å². The number of benzene rings is 2. The van der Waals surface area contributed by atoms with Crippen LogP contribution in [0.1, 0.15) is 12.5 Å². The van der Waals surface area contributed by atoms with Crippen molar-refractivity contribution in [1.29, 1.82) is 0 Å². The van der Waals surface area contributed by atoms with Gasteiger partial charge in [-0.2, -0.15) is 0 Å². The van der Waals surface area contributed by atoms with Gasteiger partial charge in [-0.3, -0.25) is 9.59 Å². The summed E-state index contributed by atoms with van der Waals surface area (Å²) in [5.41, 5.74) is 2.42. The third-order valence-electron chi connectivity index (χ3n) is 3.55. The number of anilines is 2. The first-order chi connectivity index (χ1) is 11.5. The molecule has 1 heterocycles. The summed E-state index contributed by atoms with van der Waals surface area (Å²) in [6.45, 7) is 3.76. The third-order valence-corrected chi connectivity index (χ3v) is 4.73. The van der Waals surface area contributed by atoms with E-state index in [1.165, 1.54) is 11.8 Å². The molecule has 1 aliphatic heterocycles. The molecule has 0 saturated heterocycles. The van der Waals surface area contributed by atoms with Crippen molar-refractivity contribution in [2.75, 3.05) is 17.2 Å². The van der Waals surface area contributed by atoms with Crippen LogP contribution in [0.15, 0.2) is 47.4 Å². The van der Waals surface area contributed by atoms with Crippen molar-refractivity contribution in [2.45, 2.75) is 24.0 Å². The molecule has 2 amide bonds. The lowest BCUT2D eigenvalue weighted by Gasteiger charge is -2.22. The molecule has 2 N–H and O–H groups in total. The van der Waals surface area contributed by atoms with Crippen molar-refractivity contribution >= 4 is 35.0 Å². The van der Waals surface area contributed by atoms with Gasteiger partial charge >= 0.3 is 0 Å². The highest BCUT2D eigenvalue weighted by Crippen LogP contribution is 2.36. The fourth-order valence-electron chi connectivity index (χ4n) is 2.34. The number of carbonyl (C=O) groups is 2. The van der Waals surface area contributed by atoms with Crippen LogP contribution in [0.2, 0.25) is 0 Å². The Morgan fingerprint density at radius 2 is 2.12 bits per heavy atom. The van der Waals surface area contributed by atoms with Gasteiger partial charge in [-0.25, -0.2) is 0 Å². The number of aryl methyl sites for hydroxylation is 1. The summed E-state index contributed by atoms with van der Waals surface area (Å²) in [6, 6.07) is 13.0. The average molecular weight is 342 g/mol. The summed E-state index contributed by atoms with van der Waals surface area (Å²) in [6.07, 6.45) is 0. The van der Waals surface area contributed by atoms with Crippen LogP contribution in [0, 0.1) is 6.92 Å². The van der Waals surface area contributed by atoms with Crippen molar-refractivity contribution < 1.29 is 14.3 Å². The number of fused-ring (bicyclic) bond motifs is 1. The summed E-state index contributed by atoms with van der Waals surface area (Å²) in [7, 11) is 0. The molecule has 1 atom stereocenters. The first kappa shape index (κ1) is 16.4. The fraction of sp³-hybridized carbons (Fsp3) is 0.222. The lowest BCUT2D eigenvalue weighted by molar-refractivity contribution is -0.118. The molecule has 0 spiro atoms. The maximum Gasteiger partial charge on any atom is 0.262 e. The van der Waals surface area contributed by atoms with Gasteiger partial charge in [0.25, 0.3) is 5.91 Å². The lowest BCUT2D eigenvalue weighted by Crippen LogP contribution is -2.26. The summed E-state index contributed by atoms with van der Waals surface area (Å²) >= 11 is 1.51. The van der Waals surface area contributed by atoms with Gasteiger partial charge in [0.15, 0.2) is 6.61 Å². The number of amides is 2. The topological polar surface area (TPSA) is 67.4 Å². The molecule has 0 aliphatic carbocycles. The summed E-state index contributed by atoms with van der Waals surface area (Å²) in [5, 5.41) is 5.51. The van der Waals surface area contributed by atoms with Gasteiger partial charge in [0.1, 0.15) is 5.75 Å². The second kappa shape index (κ2) is 6.97. The van der Waals surface area contributed by atoms with Crippen molar-refractivity contribution in [1.82, 2.24) is 0 Å². The third kappa shape index (κ3) is 3.89. The van der Waals surface area contributed by atoms with Crippen LogP contribution in [-0.2, 0) is 9.59 Å². The maximum absolute atomic E-state index is 12.0. The minimum atomic E-state index is -0.250. The molecule has 24 heavy (non-hydrogen) atoms. The molecular formula is C18H18N2O3S. The summed E-state index contributed by atoms with van der Waals surface area (Å²) < 4.78 is 5.48. The molecule has 2 aromatic rings. The van der Waals surface area contributed by atoms with E-state index >= 15 is 0 Å². The largest absolute Gasteiger partial charge is 0.484 e. The van der Waals surface area contributed by atoms with Crippen LogP contribution in [0.5, 0.6) is 5.75 Å². The van der Waals surface area contributed by atoms with Gasteiger partial charge in [0.2, 0.25) is 5.91 Å². The molecule has 124 valence electrons. The normalized spacial score (nSPS) is 16.1. The Morgan fingerprint density at radius 1 is 1.29 bits per heavy atom. The standard InChI is InChI=1S/C18H18N2O3S/c1-11-4-3-5-14(8-11)23-10-17(21)19-13-6-7-16-15(9-13)20-18(22)12(2)24-16/h3-9,12H,10H2,1-2H3,(H,19,21)(H,20,22). The second-order valence-corrected chi connectivity index (χ2v) is 7.00. The number of thioether (sulfide) groups is 1. The van der Waals surface area contributed by atoms with Gasteiger partial charge < -0.3 is 15.4 Å². The average Bonchev–Trinajstić information content (AvgIpc) is 2.54. The SMILES string of the molecule is Cc1cccc(OCC(=O)Nc2ccc3c(c2)NC(=O)C(C)S3)c1. The van der Waals surface area contributed by atoms with E-state index in [9.17, 15) is 9.59 Å². The second-order valence-electron chi connectivity index (χ2n) is 5.61. The Labute approximate surface area is 144 Å². The Morgan fingerprint density at radius 3 is 2.92 bits per heavy atom. The number of carbonyl (C=O) groups excluding carboxylic acids is 2. The van der Waals surface area contributed by atoms with E-state index in [4.69, 9.17) is 4.74 Å². The van der Waals surface area contributed by atoms with Crippen LogP contribution in [0.3, 0.4) is 0 Å². The number of rotatable bonds is 4. The molecule has 0 fully saturated rings. The Kier molecular flexibility index (Phi) is 4.76. The Hall–Kier alpha value is -2.47. The maximum atomic E-state index is 12.0. The van der Waals surface area contributed by atoms with Crippen molar-refractivity contribution in [3.63, 3.8) is 0 Å². The molecule has 0 radical (unpaired) electrons. The molecule has 0 bridgehead atoms. The predicted molar refractivity (Wildman–Crippen MR) is 95.7 cm³/mol. The first-order valence-electron chi connectivity index (χ1n) is 7.62. The van der Waals surface area contributed by atoms with Gasteiger partial charge in [0, 0.05) is 10.6 Å². The van der Waals surface area contributed by atoms with E-state index in [2.05, 4.69) is 10.6 Å². The molecule has 2 aromatic carbocycles. The Bertz CT molecular complexity index is 792. The molecular weight excluding hydrogens is 324 g/mol. The molecule has 0 saturated carbocycles. The van der Waals surface area contributed by atoms with Crippen molar-refractivity contribution in [3.8, 4) is 5.75 Å². The van der Waals surface area contributed by atoms with Gasteiger partial charge in [-0.1, -0.05) is 12.1 Å². The smallest absolute Gasteiger partial charge is 0.262 e. The van der Waals surface area contributed by atoms with E-state index in [0.717, 1.165) is 16.1 Å².